The molecule has 0 N–H and O–H groups in total. The number of carbonyl (C=O) groups is 1. The van der Waals surface area contributed by atoms with E-state index in [1.807, 2.05) is 69.0 Å². The highest BCUT2D eigenvalue weighted by Crippen LogP contribution is 2.36. The van der Waals surface area contributed by atoms with E-state index in [4.69, 9.17) is 9.31 Å². The fourth-order valence-corrected chi connectivity index (χ4v) is 3.59. The Kier molecular flexibility index (Phi) is 4.40. The highest BCUT2D eigenvalue weighted by atomic mass is 16.7. The van der Waals surface area contributed by atoms with Gasteiger partial charge in [0.2, 0.25) is 0 Å². The van der Waals surface area contributed by atoms with Crippen LogP contribution < -0.4 is 5.46 Å². The number of rotatable bonds is 4. The number of carbonyl (C=O) groups excluding carboxylic acids is 1. The van der Waals surface area contributed by atoms with Crippen LogP contribution in [0.1, 0.15) is 49.2 Å². The summed E-state index contributed by atoms with van der Waals surface area (Å²) in [6.45, 7) is 9.55. The lowest BCUT2D eigenvalue weighted by Crippen LogP contribution is -2.41. The van der Waals surface area contributed by atoms with E-state index in [-0.39, 0.29) is 17.1 Å². The molecule has 1 fully saturated rings. The van der Waals surface area contributed by atoms with Gasteiger partial charge in [-0.15, -0.1) is 0 Å². The van der Waals surface area contributed by atoms with Gasteiger partial charge in [-0.2, -0.15) is 0 Å². The maximum atomic E-state index is 12.9. The molecular formula is C22H26BNO3. The quantitative estimate of drug-likeness (QED) is 0.784. The van der Waals surface area contributed by atoms with Crippen molar-refractivity contribution in [2.75, 3.05) is 6.54 Å². The molecule has 4 nitrogen and oxygen atoms in total. The van der Waals surface area contributed by atoms with Crippen molar-refractivity contribution in [1.82, 2.24) is 4.90 Å². The molecule has 2 aromatic rings. The van der Waals surface area contributed by atoms with Gasteiger partial charge in [-0.1, -0.05) is 42.5 Å². The van der Waals surface area contributed by atoms with E-state index < -0.39 is 7.12 Å². The highest BCUT2D eigenvalue weighted by molar-refractivity contribution is 6.62. The van der Waals surface area contributed by atoms with Crippen LogP contribution in [-0.2, 0) is 22.3 Å². The van der Waals surface area contributed by atoms with Gasteiger partial charge < -0.3 is 14.2 Å². The van der Waals surface area contributed by atoms with E-state index in [1.54, 1.807) is 0 Å². The Morgan fingerprint density at radius 1 is 1.00 bits per heavy atom. The van der Waals surface area contributed by atoms with Crippen molar-refractivity contribution in [2.45, 2.75) is 51.9 Å². The van der Waals surface area contributed by atoms with E-state index in [2.05, 4.69) is 12.1 Å². The first-order chi connectivity index (χ1) is 12.8. The monoisotopic (exact) mass is 363 g/mol. The highest BCUT2D eigenvalue weighted by Gasteiger charge is 2.51. The minimum Gasteiger partial charge on any atom is -0.399 e. The molecule has 4 rings (SSSR count). The minimum atomic E-state index is -0.438. The first kappa shape index (κ1) is 18.3. The first-order valence-electron chi connectivity index (χ1n) is 9.58. The molecule has 0 atom stereocenters. The summed E-state index contributed by atoms with van der Waals surface area (Å²) in [4.78, 5) is 14.8. The SMILES string of the molecule is CC1(C)OB(c2ccc3c(c2)C(=O)N(CCc2ccccc2)C3)OC1(C)C. The zero-order valence-electron chi connectivity index (χ0n) is 16.5. The second-order valence-corrected chi connectivity index (χ2v) is 8.47. The van der Waals surface area contributed by atoms with Gasteiger partial charge >= 0.3 is 7.12 Å². The summed E-state index contributed by atoms with van der Waals surface area (Å²) in [5.74, 6) is 0.0966. The summed E-state index contributed by atoms with van der Waals surface area (Å²) in [6.07, 6.45) is 0.866. The number of benzene rings is 2. The third kappa shape index (κ3) is 3.30. The first-order valence-corrected chi connectivity index (χ1v) is 9.58. The molecule has 1 amide bonds. The Morgan fingerprint density at radius 3 is 2.33 bits per heavy atom. The standard InChI is InChI=1S/C22H26BNO3/c1-21(2)22(3,4)27-23(26-21)18-11-10-17-15-24(20(25)19(17)14-18)13-12-16-8-6-5-7-9-16/h5-11,14H,12-13,15H2,1-4H3. The molecule has 0 spiro atoms. The second kappa shape index (κ2) is 6.50. The third-order valence-corrected chi connectivity index (χ3v) is 6.05. The van der Waals surface area contributed by atoms with Gasteiger partial charge in [0.1, 0.15) is 0 Å². The van der Waals surface area contributed by atoms with E-state index >= 15 is 0 Å². The van der Waals surface area contributed by atoms with Crippen LogP contribution in [0.3, 0.4) is 0 Å². The molecule has 0 bridgehead atoms. The molecule has 2 aromatic carbocycles. The van der Waals surface area contributed by atoms with Gasteiger partial charge in [-0.05, 0) is 56.8 Å². The summed E-state index contributed by atoms with van der Waals surface area (Å²) < 4.78 is 12.3. The van der Waals surface area contributed by atoms with Crippen LogP contribution in [0.4, 0.5) is 0 Å². The van der Waals surface area contributed by atoms with E-state index in [9.17, 15) is 4.79 Å². The Morgan fingerprint density at radius 2 is 1.67 bits per heavy atom. The minimum absolute atomic E-state index is 0.0966. The molecule has 0 radical (unpaired) electrons. The molecule has 27 heavy (non-hydrogen) atoms. The van der Waals surface area contributed by atoms with Crippen LogP contribution in [0, 0.1) is 0 Å². The number of hydrogen-bond donors (Lipinski definition) is 0. The van der Waals surface area contributed by atoms with E-state index in [1.165, 1.54) is 5.56 Å². The summed E-state index contributed by atoms with van der Waals surface area (Å²) in [5.41, 5.74) is 3.23. The van der Waals surface area contributed by atoms with Crippen molar-refractivity contribution in [1.29, 1.82) is 0 Å². The van der Waals surface area contributed by atoms with Crippen molar-refractivity contribution >= 4 is 18.5 Å². The largest absolute Gasteiger partial charge is 0.494 e. The van der Waals surface area contributed by atoms with Gasteiger partial charge in [0, 0.05) is 18.7 Å². The number of fused-ring (bicyclic) bond motifs is 1. The maximum absolute atomic E-state index is 12.9. The molecule has 140 valence electrons. The van der Waals surface area contributed by atoms with Crippen molar-refractivity contribution < 1.29 is 14.1 Å². The number of amides is 1. The molecular weight excluding hydrogens is 337 g/mol. The molecule has 1 saturated heterocycles. The Labute approximate surface area is 161 Å². The summed E-state index contributed by atoms with van der Waals surface area (Å²) in [6, 6.07) is 16.3. The van der Waals surface area contributed by atoms with Crippen molar-refractivity contribution in [3.8, 4) is 0 Å². The predicted molar refractivity (Wildman–Crippen MR) is 107 cm³/mol. The van der Waals surface area contributed by atoms with Gasteiger partial charge in [-0.25, -0.2) is 0 Å². The number of hydrogen-bond acceptors (Lipinski definition) is 3. The fraction of sp³-hybridized carbons (Fsp3) is 0.409. The molecule has 0 aliphatic carbocycles. The maximum Gasteiger partial charge on any atom is 0.494 e. The van der Waals surface area contributed by atoms with Crippen LogP contribution in [0.5, 0.6) is 0 Å². The molecule has 0 saturated carbocycles. The van der Waals surface area contributed by atoms with Gasteiger partial charge in [0.15, 0.2) is 0 Å². The van der Waals surface area contributed by atoms with Crippen LogP contribution in [-0.4, -0.2) is 35.7 Å². The molecule has 5 heteroatoms. The molecule has 0 aromatic heterocycles. The summed E-state index contributed by atoms with van der Waals surface area (Å²) in [5, 5.41) is 0. The third-order valence-electron chi connectivity index (χ3n) is 6.05. The van der Waals surface area contributed by atoms with Crippen LogP contribution in [0.15, 0.2) is 48.5 Å². The fourth-order valence-electron chi connectivity index (χ4n) is 3.59. The van der Waals surface area contributed by atoms with Crippen molar-refractivity contribution in [3.05, 3.63) is 65.2 Å². The Balaban J connectivity index is 1.49. The van der Waals surface area contributed by atoms with Crippen LogP contribution >= 0.6 is 0 Å². The van der Waals surface area contributed by atoms with E-state index in [0.29, 0.717) is 6.54 Å². The lowest BCUT2D eigenvalue weighted by molar-refractivity contribution is 0.00578. The molecule has 2 heterocycles. The number of nitrogens with zero attached hydrogens (tertiary/aromatic N) is 1. The molecule has 0 unspecified atom stereocenters. The summed E-state index contributed by atoms with van der Waals surface area (Å²) in [7, 11) is -0.438. The average molecular weight is 363 g/mol. The summed E-state index contributed by atoms with van der Waals surface area (Å²) >= 11 is 0. The predicted octanol–water partition coefficient (Wildman–Crippen LogP) is 3.18. The topological polar surface area (TPSA) is 38.8 Å². The lowest BCUT2D eigenvalue weighted by atomic mass is 9.78. The van der Waals surface area contributed by atoms with Crippen molar-refractivity contribution in [2.24, 2.45) is 0 Å². The molecule has 2 aliphatic rings. The van der Waals surface area contributed by atoms with E-state index in [0.717, 1.165) is 29.6 Å². The zero-order valence-corrected chi connectivity index (χ0v) is 16.5. The van der Waals surface area contributed by atoms with Crippen LogP contribution in [0.25, 0.3) is 0 Å². The van der Waals surface area contributed by atoms with Crippen LogP contribution in [0.2, 0.25) is 0 Å². The zero-order chi connectivity index (χ0) is 19.2. The smallest absolute Gasteiger partial charge is 0.399 e. The average Bonchev–Trinajstić information content (AvgIpc) is 3.06. The lowest BCUT2D eigenvalue weighted by Gasteiger charge is -2.32. The van der Waals surface area contributed by atoms with Gasteiger partial charge in [0.25, 0.3) is 5.91 Å². The molecule has 2 aliphatic heterocycles. The normalized spacial score (nSPS) is 20.2. The van der Waals surface area contributed by atoms with Gasteiger partial charge in [0.05, 0.1) is 11.2 Å². The van der Waals surface area contributed by atoms with Gasteiger partial charge in [-0.3, -0.25) is 4.79 Å². The Hall–Kier alpha value is -2.11. The second-order valence-electron chi connectivity index (χ2n) is 8.47. The Bertz CT molecular complexity index is 847. The van der Waals surface area contributed by atoms with Crippen molar-refractivity contribution in [3.63, 3.8) is 0 Å².